The molecule has 0 spiro atoms. The summed E-state index contributed by atoms with van der Waals surface area (Å²) in [7, 11) is 0. The van der Waals surface area contributed by atoms with Gasteiger partial charge in [0.25, 0.3) is 0 Å². The lowest BCUT2D eigenvalue weighted by Gasteiger charge is -2.21. The van der Waals surface area contributed by atoms with Crippen LogP contribution in [0.2, 0.25) is 5.02 Å². The average Bonchev–Trinajstić information content (AvgIpc) is 2.82. The van der Waals surface area contributed by atoms with Crippen molar-refractivity contribution in [2.75, 3.05) is 6.61 Å². The highest BCUT2D eigenvalue weighted by Gasteiger charge is 2.34. The molecule has 1 fully saturated rings. The zero-order chi connectivity index (χ0) is 17.0. The number of esters is 1. The smallest absolute Gasteiger partial charge is 0.391 e. The zero-order valence-electron chi connectivity index (χ0n) is 12.0. The molecule has 0 bridgehead atoms. The summed E-state index contributed by atoms with van der Waals surface area (Å²) in [6.07, 6.45) is -5.55. The van der Waals surface area contributed by atoms with Crippen LogP contribution in [0.25, 0.3) is 0 Å². The third-order valence-electron chi connectivity index (χ3n) is 3.45. The van der Waals surface area contributed by atoms with Crippen molar-refractivity contribution in [3.8, 4) is 0 Å². The van der Waals surface area contributed by atoms with E-state index in [2.05, 4.69) is 5.32 Å². The molecule has 1 N–H and O–H groups in total. The van der Waals surface area contributed by atoms with Gasteiger partial charge in [-0.15, -0.1) is 0 Å². The highest BCUT2D eigenvalue weighted by atomic mass is 35.5. The fraction of sp³-hybridized carbons (Fsp3) is 0.467. The number of alkyl halides is 3. The van der Waals surface area contributed by atoms with Crippen LogP contribution in [-0.2, 0) is 14.3 Å². The SMILES string of the molecule is O=C(C[C@@H]1COC(=O)C1)N[C@@H](CC(F)(F)F)c1ccc(Cl)cc1. The quantitative estimate of drug-likeness (QED) is 0.829. The Morgan fingerprint density at radius 2 is 2.00 bits per heavy atom. The van der Waals surface area contributed by atoms with Gasteiger partial charge in [0, 0.05) is 17.4 Å². The van der Waals surface area contributed by atoms with E-state index in [1.165, 1.54) is 24.3 Å². The Kier molecular flexibility index (Phi) is 5.51. The van der Waals surface area contributed by atoms with Crippen molar-refractivity contribution in [2.45, 2.75) is 31.5 Å². The van der Waals surface area contributed by atoms with Crippen molar-refractivity contribution in [3.05, 3.63) is 34.9 Å². The molecular weight excluding hydrogens is 335 g/mol. The summed E-state index contributed by atoms with van der Waals surface area (Å²) < 4.78 is 42.9. The number of halogens is 4. The van der Waals surface area contributed by atoms with Gasteiger partial charge in [-0.05, 0) is 17.7 Å². The van der Waals surface area contributed by atoms with Crippen LogP contribution in [0.4, 0.5) is 13.2 Å². The van der Waals surface area contributed by atoms with E-state index < -0.39 is 30.5 Å². The van der Waals surface area contributed by atoms with E-state index in [1.807, 2.05) is 0 Å². The number of amides is 1. The van der Waals surface area contributed by atoms with Crippen LogP contribution >= 0.6 is 11.6 Å². The molecule has 0 aliphatic carbocycles. The maximum Gasteiger partial charge on any atom is 0.391 e. The first-order chi connectivity index (χ1) is 10.7. The molecule has 1 aromatic carbocycles. The van der Waals surface area contributed by atoms with Gasteiger partial charge in [0.05, 0.1) is 25.5 Å². The van der Waals surface area contributed by atoms with Crippen molar-refractivity contribution < 1.29 is 27.5 Å². The van der Waals surface area contributed by atoms with E-state index in [-0.39, 0.29) is 25.4 Å². The largest absolute Gasteiger partial charge is 0.465 e. The summed E-state index contributed by atoms with van der Waals surface area (Å²) in [6.45, 7) is 0.122. The molecule has 1 aliphatic heterocycles. The second kappa shape index (κ2) is 7.21. The molecule has 1 saturated heterocycles. The maximum atomic E-state index is 12.7. The van der Waals surface area contributed by atoms with Crippen LogP contribution in [-0.4, -0.2) is 24.7 Å². The molecule has 1 aliphatic rings. The lowest BCUT2D eigenvalue weighted by atomic mass is 10.0. The Morgan fingerprint density at radius 3 is 2.52 bits per heavy atom. The summed E-state index contributed by atoms with van der Waals surface area (Å²) in [5, 5.41) is 2.78. The summed E-state index contributed by atoms with van der Waals surface area (Å²) in [5.74, 6) is -1.23. The number of hydrogen-bond acceptors (Lipinski definition) is 3. The molecule has 1 amide bonds. The molecule has 23 heavy (non-hydrogen) atoms. The maximum absolute atomic E-state index is 12.7. The first-order valence-corrected chi connectivity index (χ1v) is 7.38. The van der Waals surface area contributed by atoms with Crippen LogP contribution in [0.1, 0.15) is 30.9 Å². The number of ether oxygens (including phenoxy) is 1. The summed E-state index contributed by atoms with van der Waals surface area (Å²) >= 11 is 5.73. The molecule has 0 unspecified atom stereocenters. The van der Waals surface area contributed by atoms with Gasteiger partial charge in [0.15, 0.2) is 0 Å². The Bertz CT molecular complexity index is 574. The minimum atomic E-state index is -4.43. The van der Waals surface area contributed by atoms with E-state index in [0.29, 0.717) is 10.6 Å². The third kappa shape index (κ3) is 5.74. The summed E-state index contributed by atoms with van der Waals surface area (Å²) in [5.41, 5.74) is 0.318. The fourth-order valence-corrected chi connectivity index (χ4v) is 2.52. The minimum absolute atomic E-state index is 0.0479. The molecule has 0 saturated carbocycles. The van der Waals surface area contributed by atoms with Gasteiger partial charge in [0.1, 0.15) is 0 Å². The Morgan fingerprint density at radius 1 is 1.35 bits per heavy atom. The fourth-order valence-electron chi connectivity index (χ4n) is 2.39. The molecule has 0 aromatic heterocycles. The highest BCUT2D eigenvalue weighted by Crippen LogP contribution is 2.30. The molecule has 0 radical (unpaired) electrons. The Balaban J connectivity index is 2.03. The summed E-state index contributed by atoms with van der Waals surface area (Å²) in [6, 6.07) is 4.63. The topological polar surface area (TPSA) is 55.4 Å². The molecule has 1 heterocycles. The van der Waals surface area contributed by atoms with Gasteiger partial charge < -0.3 is 10.1 Å². The monoisotopic (exact) mass is 349 g/mol. The van der Waals surface area contributed by atoms with Gasteiger partial charge in [0.2, 0.25) is 5.91 Å². The van der Waals surface area contributed by atoms with Crippen LogP contribution < -0.4 is 5.32 Å². The predicted octanol–water partition coefficient (Wildman–Crippen LogP) is 3.40. The van der Waals surface area contributed by atoms with Gasteiger partial charge in [-0.25, -0.2) is 0 Å². The van der Waals surface area contributed by atoms with Crippen LogP contribution in [0.5, 0.6) is 0 Å². The van der Waals surface area contributed by atoms with E-state index in [4.69, 9.17) is 16.3 Å². The molecular formula is C15H15ClF3NO3. The molecule has 1 aromatic rings. The molecule has 2 rings (SSSR count). The average molecular weight is 350 g/mol. The third-order valence-corrected chi connectivity index (χ3v) is 3.70. The molecule has 8 heteroatoms. The van der Waals surface area contributed by atoms with Gasteiger partial charge in [-0.2, -0.15) is 13.2 Å². The second-order valence-corrected chi connectivity index (χ2v) is 5.88. The van der Waals surface area contributed by atoms with Crippen molar-refractivity contribution in [1.29, 1.82) is 0 Å². The number of benzene rings is 1. The normalized spacial score (nSPS) is 19.3. The number of rotatable bonds is 5. The number of carbonyl (C=O) groups is 2. The van der Waals surface area contributed by atoms with Crippen molar-refractivity contribution in [1.82, 2.24) is 5.32 Å². The standard InChI is InChI=1S/C15H15ClF3NO3/c16-11-3-1-10(2-4-11)12(7-15(17,18)19)20-13(21)5-9-6-14(22)23-8-9/h1-4,9,12H,5-8H2,(H,20,21)/t9-,12-/m0/s1. The van der Waals surface area contributed by atoms with E-state index in [1.54, 1.807) is 0 Å². The number of carbonyl (C=O) groups excluding carboxylic acids is 2. The highest BCUT2D eigenvalue weighted by molar-refractivity contribution is 6.30. The number of cyclic esters (lactones) is 1. The van der Waals surface area contributed by atoms with E-state index >= 15 is 0 Å². The van der Waals surface area contributed by atoms with Crippen molar-refractivity contribution >= 4 is 23.5 Å². The number of hydrogen-bond donors (Lipinski definition) is 1. The first kappa shape index (κ1) is 17.6. The Hall–Kier alpha value is -1.76. The zero-order valence-corrected chi connectivity index (χ0v) is 12.8. The van der Waals surface area contributed by atoms with Gasteiger partial charge in [-0.1, -0.05) is 23.7 Å². The molecule has 2 atom stereocenters. The lowest BCUT2D eigenvalue weighted by Crippen LogP contribution is -2.33. The van der Waals surface area contributed by atoms with Crippen LogP contribution in [0, 0.1) is 5.92 Å². The summed E-state index contributed by atoms with van der Waals surface area (Å²) in [4.78, 5) is 23.0. The van der Waals surface area contributed by atoms with Crippen molar-refractivity contribution in [3.63, 3.8) is 0 Å². The van der Waals surface area contributed by atoms with Gasteiger partial charge >= 0.3 is 12.1 Å². The van der Waals surface area contributed by atoms with E-state index in [0.717, 1.165) is 0 Å². The van der Waals surface area contributed by atoms with Crippen molar-refractivity contribution in [2.24, 2.45) is 5.92 Å². The Labute approximate surface area is 135 Å². The minimum Gasteiger partial charge on any atom is -0.465 e. The predicted molar refractivity (Wildman–Crippen MR) is 76.7 cm³/mol. The number of nitrogens with one attached hydrogen (secondary N) is 1. The lowest BCUT2D eigenvalue weighted by molar-refractivity contribution is -0.143. The molecule has 4 nitrogen and oxygen atoms in total. The second-order valence-electron chi connectivity index (χ2n) is 5.45. The molecule has 126 valence electrons. The van der Waals surface area contributed by atoms with Gasteiger partial charge in [-0.3, -0.25) is 9.59 Å². The first-order valence-electron chi connectivity index (χ1n) is 7.00. The van der Waals surface area contributed by atoms with Crippen LogP contribution in [0.15, 0.2) is 24.3 Å². The van der Waals surface area contributed by atoms with E-state index in [9.17, 15) is 22.8 Å². The van der Waals surface area contributed by atoms with Crippen LogP contribution in [0.3, 0.4) is 0 Å².